The third kappa shape index (κ3) is 3.50. The zero-order chi connectivity index (χ0) is 16.2. The van der Waals surface area contributed by atoms with Crippen LogP contribution >= 0.6 is 0 Å². The predicted molar refractivity (Wildman–Crippen MR) is 87.6 cm³/mol. The topological polar surface area (TPSA) is 75.3 Å². The minimum Gasteiger partial charge on any atom is -0.354 e. The Bertz CT molecular complexity index is 635. The van der Waals surface area contributed by atoms with Crippen LogP contribution < -0.4 is 10.6 Å². The average molecular weight is 324 g/mol. The number of sulfone groups is 1. The van der Waals surface area contributed by atoms with E-state index in [0.29, 0.717) is 38.9 Å². The average Bonchev–Trinajstić information content (AvgIpc) is 2.48. The number of rotatable bonds is 5. The fourth-order valence-electron chi connectivity index (χ4n) is 2.96. The van der Waals surface area contributed by atoms with E-state index in [9.17, 15) is 13.2 Å². The zero-order valence-electron chi connectivity index (χ0n) is 13.2. The molecule has 1 aliphatic rings. The summed E-state index contributed by atoms with van der Waals surface area (Å²) in [6.07, 6.45) is 2.54. The quantitative estimate of drug-likeness (QED) is 0.841. The van der Waals surface area contributed by atoms with Crippen LogP contribution in [0, 0.1) is 6.92 Å². The number of carbonyl (C=O) groups is 1. The van der Waals surface area contributed by atoms with Gasteiger partial charge in [-0.1, -0.05) is 24.3 Å². The SMILES string of the molecule is Cc1ccccc1CCNC(=O)C1(S(C)(=O)=O)CCNCC1. The maximum Gasteiger partial charge on any atom is 0.241 e. The summed E-state index contributed by atoms with van der Waals surface area (Å²) >= 11 is 0. The molecule has 0 bridgehead atoms. The molecular formula is C16H24N2O3S. The summed E-state index contributed by atoms with van der Waals surface area (Å²) in [5.74, 6) is -0.356. The summed E-state index contributed by atoms with van der Waals surface area (Å²) in [5.41, 5.74) is 2.35. The standard InChI is InChI=1S/C16H24N2O3S/c1-13-5-3-4-6-14(13)7-10-18-15(19)16(22(2,20)21)8-11-17-12-9-16/h3-6,17H,7-12H2,1-2H3,(H,18,19). The van der Waals surface area contributed by atoms with E-state index in [1.807, 2.05) is 31.2 Å². The molecule has 1 amide bonds. The molecule has 1 heterocycles. The highest BCUT2D eigenvalue weighted by atomic mass is 32.2. The van der Waals surface area contributed by atoms with Gasteiger partial charge in [-0.15, -0.1) is 0 Å². The summed E-state index contributed by atoms with van der Waals surface area (Å²) in [7, 11) is -3.44. The highest BCUT2D eigenvalue weighted by Gasteiger charge is 2.48. The van der Waals surface area contributed by atoms with Crippen LogP contribution in [-0.2, 0) is 21.1 Å². The Kier molecular flexibility index (Phi) is 5.24. The largest absolute Gasteiger partial charge is 0.354 e. The van der Waals surface area contributed by atoms with Crippen LogP contribution in [0.25, 0.3) is 0 Å². The van der Waals surface area contributed by atoms with Gasteiger partial charge in [0.25, 0.3) is 0 Å². The van der Waals surface area contributed by atoms with E-state index < -0.39 is 14.6 Å². The minimum atomic E-state index is -3.44. The number of piperidine rings is 1. The van der Waals surface area contributed by atoms with Crippen molar-refractivity contribution in [1.82, 2.24) is 10.6 Å². The molecule has 0 saturated carbocycles. The molecule has 22 heavy (non-hydrogen) atoms. The number of benzene rings is 1. The van der Waals surface area contributed by atoms with Crippen molar-refractivity contribution in [2.75, 3.05) is 25.9 Å². The number of hydrogen-bond acceptors (Lipinski definition) is 4. The van der Waals surface area contributed by atoms with Crippen molar-refractivity contribution in [2.24, 2.45) is 0 Å². The monoisotopic (exact) mass is 324 g/mol. The van der Waals surface area contributed by atoms with Crippen LogP contribution in [0.15, 0.2) is 24.3 Å². The molecule has 0 aliphatic carbocycles. The van der Waals surface area contributed by atoms with Gasteiger partial charge in [0.2, 0.25) is 5.91 Å². The third-order valence-corrected chi connectivity index (χ3v) is 6.49. The van der Waals surface area contributed by atoms with Crippen LogP contribution in [0.4, 0.5) is 0 Å². The van der Waals surface area contributed by atoms with Gasteiger partial charge in [0.1, 0.15) is 0 Å². The first-order valence-corrected chi connectivity index (χ1v) is 9.49. The number of amides is 1. The van der Waals surface area contributed by atoms with Gasteiger partial charge in [0, 0.05) is 12.8 Å². The molecular weight excluding hydrogens is 300 g/mol. The summed E-state index contributed by atoms with van der Waals surface area (Å²) in [6.45, 7) is 3.59. The smallest absolute Gasteiger partial charge is 0.241 e. The Morgan fingerprint density at radius 1 is 1.27 bits per heavy atom. The van der Waals surface area contributed by atoms with Crippen molar-refractivity contribution < 1.29 is 13.2 Å². The first-order chi connectivity index (χ1) is 10.4. The predicted octanol–water partition coefficient (Wildman–Crippen LogP) is 0.821. The molecule has 2 N–H and O–H groups in total. The van der Waals surface area contributed by atoms with Gasteiger partial charge in [-0.2, -0.15) is 0 Å². The van der Waals surface area contributed by atoms with E-state index in [1.165, 1.54) is 17.4 Å². The van der Waals surface area contributed by atoms with Crippen molar-refractivity contribution in [3.63, 3.8) is 0 Å². The van der Waals surface area contributed by atoms with Gasteiger partial charge in [-0.3, -0.25) is 4.79 Å². The Morgan fingerprint density at radius 3 is 2.50 bits per heavy atom. The summed E-state index contributed by atoms with van der Waals surface area (Å²) in [5, 5.41) is 5.94. The van der Waals surface area contributed by atoms with E-state index >= 15 is 0 Å². The molecule has 6 heteroatoms. The van der Waals surface area contributed by atoms with Crippen LogP contribution in [0.2, 0.25) is 0 Å². The van der Waals surface area contributed by atoms with Gasteiger partial charge in [0.15, 0.2) is 14.6 Å². The molecule has 1 aliphatic heterocycles. The van der Waals surface area contributed by atoms with Crippen molar-refractivity contribution >= 4 is 15.7 Å². The lowest BCUT2D eigenvalue weighted by Gasteiger charge is -2.34. The first kappa shape index (κ1) is 17.0. The van der Waals surface area contributed by atoms with Crippen LogP contribution in [-0.4, -0.2) is 45.0 Å². The molecule has 0 aromatic heterocycles. The second kappa shape index (κ2) is 6.79. The second-order valence-electron chi connectivity index (χ2n) is 5.95. The molecule has 0 radical (unpaired) electrons. The fourth-order valence-corrected chi connectivity index (χ4v) is 4.31. The highest BCUT2D eigenvalue weighted by molar-refractivity contribution is 7.92. The molecule has 0 spiro atoms. The van der Waals surface area contributed by atoms with Gasteiger partial charge < -0.3 is 10.6 Å². The molecule has 5 nitrogen and oxygen atoms in total. The van der Waals surface area contributed by atoms with E-state index in [1.54, 1.807) is 0 Å². The van der Waals surface area contributed by atoms with Crippen molar-refractivity contribution in [3.05, 3.63) is 35.4 Å². The Hall–Kier alpha value is -1.40. The van der Waals surface area contributed by atoms with E-state index in [4.69, 9.17) is 0 Å². The lowest BCUT2D eigenvalue weighted by molar-refractivity contribution is -0.124. The third-order valence-electron chi connectivity index (χ3n) is 4.48. The normalized spacial score (nSPS) is 17.9. The van der Waals surface area contributed by atoms with E-state index in [-0.39, 0.29) is 5.91 Å². The molecule has 1 aromatic rings. The summed E-state index contributed by atoms with van der Waals surface area (Å²) in [4.78, 5) is 12.5. The van der Waals surface area contributed by atoms with Crippen molar-refractivity contribution in [2.45, 2.75) is 30.9 Å². The van der Waals surface area contributed by atoms with Crippen molar-refractivity contribution in [1.29, 1.82) is 0 Å². The Labute approximate surface area is 132 Å². The van der Waals surface area contributed by atoms with Gasteiger partial charge in [-0.05, 0) is 50.4 Å². The van der Waals surface area contributed by atoms with Crippen LogP contribution in [0.3, 0.4) is 0 Å². The van der Waals surface area contributed by atoms with E-state index in [0.717, 1.165) is 0 Å². The zero-order valence-corrected chi connectivity index (χ0v) is 14.0. The van der Waals surface area contributed by atoms with E-state index in [2.05, 4.69) is 10.6 Å². The number of hydrogen-bond donors (Lipinski definition) is 2. The fraction of sp³-hybridized carbons (Fsp3) is 0.562. The maximum atomic E-state index is 12.5. The minimum absolute atomic E-state index is 0.335. The lowest BCUT2D eigenvalue weighted by atomic mass is 9.95. The molecule has 0 atom stereocenters. The number of nitrogens with one attached hydrogen (secondary N) is 2. The van der Waals surface area contributed by atoms with Gasteiger partial charge in [0.05, 0.1) is 0 Å². The molecule has 1 aromatic carbocycles. The molecule has 2 rings (SSSR count). The molecule has 1 fully saturated rings. The molecule has 1 saturated heterocycles. The number of carbonyl (C=O) groups excluding carboxylic acids is 1. The Morgan fingerprint density at radius 2 is 1.91 bits per heavy atom. The summed E-state index contributed by atoms with van der Waals surface area (Å²) < 4.78 is 23.0. The first-order valence-electron chi connectivity index (χ1n) is 7.60. The highest BCUT2D eigenvalue weighted by Crippen LogP contribution is 2.27. The van der Waals surface area contributed by atoms with Crippen LogP contribution in [0.5, 0.6) is 0 Å². The van der Waals surface area contributed by atoms with Gasteiger partial charge >= 0.3 is 0 Å². The van der Waals surface area contributed by atoms with Crippen molar-refractivity contribution in [3.8, 4) is 0 Å². The van der Waals surface area contributed by atoms with Gasteiger partial charge in [-0.25, -0.2) is 8.42 Å². The molecule has 0 unspecified atom stereocenters. The Balaban J connectivity index is 2.02. The summed E-state index contributed by atoms with van der Waals surface area (Å²) in [6, 6.07) is 8.00. The molecule has 122 valence electrons. The van der Waals surface area contributed by atoms with Crippen LogP contribution in [0.1, 0.15) is 24.0 Å². The second-order valence-corrected chi connectivity index (χ2v) is 8.27. The maximum absolute atomic E-state index is 12.5. The lowest BCUT2D eigenvalue weighted by Crippen LogP contribution is -2.57. The number of aryl methyl sites for hydroxylation is 1.